The van der Waals surface area contributed by atoms with Gasteiger partial charge >= 0.3 is 0 Å². The van der Waals surface area contributed by atoms with Gasteiger partial charge < -0.3 is 19.1 Å². The smallest absolute Gasteiger partial charge is 0.135 e. The molecule has 0 N–H and O–H groups in total. The summed E-state index contributed by atoms with van der Waals surface area (Å²) < 4.78 is 35.5. The fraction of sp³-hybridized carbons (Fsp3) is 0.165. The molecule has 13 rings (SSSR count). The molecule has 1 aliphatic heterocycles. The Bertz CT molecular complexity index is 4550. The van der Waals surface area contributed by atoms with Crippen LogP contribution in [-0.4, -0.2) is 9.55 Å². The van der Waals surface area contributed by atoms with Crippen LogP contribution in [0.4, 0.5) is 22.7 Å². The number of aryl methyl sites for hydroxylation is 1. The van der Waals surface area contributed by atoms with Gasteiger partial charge in [-0.15, -0.1) is 48.1 Å². The number of benzene rings is 10. The third-order valence-corrected chi connectivity index (χ3v) is 16.4. The predicted molar refractivity (Wildman–Crippen MR) is 352 cm³/mol. The maximum absolute atomic E-state index is 8.87. The molecular weight excluding hydrogens is 1220 g/mol. The zero-order valence-corrected chi connectivity index (χ0v) is 51.8. The van der Waals surface area contributed by atoms with Crippen molar-refractivity contribution in [3.05, 3.63) is 272 Å². The summed E-state index contributed by atoms with van der Waals surface area (Å²) in [5, 5.41) is 1.89. The summed E-state index contributed by atoms with van der Waals surface area (Å²) in [4.78, 5) is 9.58. The van der Waals surface area contributed by atoms with Crippen molar-refractivity contribution in [3.8, 4) is 73.0 Å². The molecule has 0 fully saturated rings. The van der Waals surface area contributed by atoms with Gasteiger partial charge in [-0.3, -0.25) is 0 Å². The summed E-state index contributed by atoms with van der Waals surface area (Å²) in [6, 6.07) is 85.9. The molecule has 0 amide bonds. The van der Waals surface area contributed by atoms with E-state index in [0.717, 1.165) is 94.7 Å². The van der Waals surface area contributed by atoms with Crippen molar-refractivity contribution in [2.24, 2.45) is 0 Å². The molecule has 0 saturated heterocycles. The molecule has 0 saturated carbocycles. The Kier molecular flexibility index (Phi) is 13.9. The van der Waals surface area contributed by atoms with Crippen molar-refractivity contribution in [2.45, 2.75) is 85.4 Å². The van der Waals surface area contributed by atoms with Gasteiger partial charge in [0.2, 0.25) is 0 Å². The zero-order chi connectivity index (χ0) is 60.6. The van der Waals surface area contributed by atoms with Crippen LogP contribution in [0.1, 0.15) is 88.7 Å². The Morgan fingerprint density at radius 1 is 0.435 bits per heavy atom. The summed E-state index contributed by atoms with van der Waals surface area (Å²) in [5.74, 6) is 1.42. The van der Waals surface area contributed by atoms with E-state index in [1.54, 1.807) is 12.3 Å². The first kappa shape index (κ1) is 53.0. The van der Waals surface area contributed by atoms with Gasteiger partial charge in [-0.2, -0.15) is 12.1 Å². The number of aromatic nitrogens is 2. The van der Waals surface area contributed by atoms with E-state index in [2.05, 4.69) is 279 Å². The Balaban J connectivity index is 0.00000754. The van der Waals surface area contributed by atoms with Crippen LogP contribution in [0.25, 0.3) is 83.3 Å². The third-order valence-electron chi connectivity index (χ3n) is 16.4. The minimum absolute atomic E-state index is 0. The van der Waals surface area contributed by atoms with Gasteiger partial charge in [0.15, 0.2) is 0 Å². The third kappa shape index (κ3) is 11.0. The van der Waals surface area contributed by atoms with Crippen molar-refractivity contribution >= 4 is 44.6 Å². The monoisotopic (exact) mass is 1290 g/mol. The number of nitrogens with zero attached hydrogens (tertiary/aromatic N) is 4. The fourth-order valence-corrected chi connectivity index (χ4v) is 11.7. The van der Waals surface area contributed by atoms with E-state index in [1.165, 1.54) is 11.1 Å². The molecule has 0 unspecified atom stereocenters. The summed E-state index contributed by atoms with van der Waals surface area (Å²) in [6.07, 6.45) is 1.70. The van der Waals surface area contributed by atoms with Gasteiger partial charge in [0.25, 0.3) is 0 Å². The number of ether oxygens (including phenoxy) is 1. The maximum atomic E-state index is 8.87. The molecule has 0 aliphatic carbocycles. The molecule has 0 bridgehead atoms. The minimum Gasteiger partial charge on any atom is -0.509 e. The molecular formula is C79H69N4OPt-3. The van der Waals surface area contributed by atoms with Crippen LogP contribution in [-0.2, 0) is 37.3 Å². The summed E-state index contributed by atoms with van der Waals surface area (Å²) >= 11 is 0. The molecule has 0 spiro atoms. The van der Waals surface area contributed by atoms with Crippen molar-refractivity contribution in [1.29, 1.82) is 0 Å². The second kappa shape index (κ2) is 22.3. The number of para-hydroxylation sites is 3. The van der Waals surface area contributed by atoms with Gasteiger partial charge in [-0.05, 0) is 120 Å². The summed E-state index contributed by atoms with van der Waals surface area (Å²) in [6.45, 7) is 19.7. The first-order valence-corrected chi connectivity index (χ1v) is 29.0. The Hall–Kier alpha value is -8.76. The van der Waals surface area contributed by atoms with Crippen molar-refractivity contribution < 1.29 is 29.9 Å². The van der Waals surface area contributed by atoms with E-state index in [9.17, 15) is 0 Å². The van der Waals surface area contributed by atoms with Crippen LogP contribution in [0, 0.1) is 25.7 Å². The van der Waals surface area contributed by atoms with E-state index < -0.39 is 6.85 Å². The SMILES string of the molecule is [2H]C([2H])([2H])c1cc(-n2c3[c-]c(Oc4[c-]c(N5[CH-]N(c6c(-c7ccc(C(C)(C)C)cc7)cccc6-c6cccc(-c7ccccc7)c6)c6ccccc65)ccc4)ccc3c3cc(-c4ccc(C(C)(C)C)cc4)ccc32)ncc1-c1ccc(C(C)(C)C)cc1.[Pt]. The van der Waals surface area contributed by atoms with Gasteiger partial charge in [0, 0.05) is 82.1 Å². The molecule has 424 valence electrons. The van der Waals surface area contributed by atoms with Gasteiger partial charge in [-0.1, -0.05) is 232 Å². The van der Waals surface area contributed by atoms with E-state index in [1.807, 2.05) is 34.9 Å². The average molecular weight is 1290 g/mol. The second-order valence-electron chi connectivity index (χ2n) is 25.2. The van der Waals surface area contributed by atoms with Crippen LogP contribution in [0.2, 0.25) is 0 Å². The minimum atomic E-state index is -2.44. The number of hydrogen-bond acceptors (Lipinski definition) is 4. The molecule has 1 aliphatic rings. The largest absolute Gasteiger partial charge is 0.509 e. The van der Waals surface area contributed by atoms with Crippen LogP contribution < -0.4 is 14.5 Å². The Morgan fingerprint density at radius 2 is 0.953 bits per heavy atom. The quantitative estimate of drug-likeness (QED) is 0.128. The molecule has 3 heterocycles. The normalized spacial score (nSPS) is 13.3. The van der Waals surface area contributed by atoms with Crippen molar-refractivity contribution in [3.63, 3.8) is 0 Å². The van der Waals surface area contributed by atoms with Gasteiger partial charge in [0.05, 0.1) is 0 Å². The molecule has 0 radical (unpaired) electrons. The Morgan fingerprint density at radius 3 is 1.60 bits per heavy atom. The standard InChI is InChI=1S/C79H69N4O.Pt/c1-52-45-75(80-50-70(52)56-33-40-62(41-34-56)79(8,9)10)83-71-44-35-58(54-29-36-60(37-30-54)77(2,3)4)47-69(71)68-43-42-65(49-74(68)83)84-64-24-17-23-63(48-64)81-51-82(73-28-15-14-27-72(73)81)76-66(55-31-38-61(39-32-55)78(5,6)7)25-18-26-67(76)59-22-16-21-57(46-59)53-19-12-11-13-20-53;/h11-47,50-51H,1-10H3;/q-3;/i1D3;. The second-order valence-corrected chi connectivity index (χ2v) is 25.2. The maximum Gasteiger partial charge on any atom is 0.135 e. The van der Waals surface area contributed by atoms with Crippen LogP contribution in [0.15, 0.2) is 231 Å². The van der Waals surface area contributed by atoms with Crippen molar-refractivity contribution in [1.82, 2.24) is 9.55 Å². The Labute approximate surface area is 520 Å². The molecule has 2 aromatic heterocycles. The number of anilines is 4. The van der Waals surface area contributed by atoms with E-state index in [4.69, 9.17) is 13.8 Å². The van der Waals surface area contributed by atoms with Gasteiger partial charge in [-0.25, -0.2) is 4.98 Å². The first-order chi connectivity index (χ1) is 41.6. The fourth-order valence-electron chi connectivity index (χ4n) is 11.7. The van der Waals surface area contributed by atoms with Crippen LogP contribution in [0.5, 0.6) is 11.5 Å². The first-order valence-electron chi connectivity index (χ1n) is 30.5. The molecule has 12 aromatic rings. The number of rotatable bonds is 10. The molecule has 5 nitrogen and oxygen atoms in total. The number of hydrogen-bond donors (Lipinski definition) is 0. The molecule has 0 atom stereocenters. The topological polar surface area (TPSA) is 33.5 Å². The average Bonchev–Trinajstić information content (AvgIpc) is 2.63. The van der Waals surface area contributed by atoms with E-state index in [-0.39, 0.29) is 42.9 Å². The zero-order valence-electron chi connectivity index (χ0n) is 52.5. The number of fused-ring (bicyclic) bond motifs is 4. The predicted octanol–water partition coefficient (Wildman–Crippen LogP) is 21.5. The molecule has 6 heteroatoms. The molecule has 10 aromatic carbocycles. The van der Waals surface area contributed by atoms with Crippen molar-refractivity contribution in [2.75, 3.05) is 9.80 Å². The van der Waals surface area contributed by atoms with E-state index >= 15 is 0 Å². The van der Waals surface area contributed by atoms with Crippen LogP contribution >= 0.6 is 0 Å². The molecule has 85 heavy (non-hydrogen) atoms. The summed E-state index contributed by atoms with van der Waals surface area (Å²) in [5.41, 5.74) is 19.5. The summed E-state index contributed by atoms with van der Waals surface area (Å²) in [7, 11) is 0. The van der Waals surface area contributed by atoms with Gasteiger partial charge in [0.1, 0.15) is 5.82 Å². The number of pyridine rings is 1. The van der Waals surface area contributed by atoms with Crippen LogP contribution in [0.3, 0.4) is 0 Å². The van der Waals surface area contributed by atoms with E-state index in [0.29, 0.717) is 28.4 Å².